The summed E-state index contributed by atoms with van der Waals surface area (Å²) in [5, 5.41) is 2.66. The zero-order valence-corrected chi connectivity index (χ0v) is 19.7. The van der Waals surface area contributed by atoms with Gasteiger partial charge in [0.15, 0.2) is 11.5 Å². The van der Waals surface area contributed by atoms with E-state index in [2.05, 4.69) is 5.32 Å². The quantitative estimate of drug-likeness (QED) is 0.625. The van der Waals surface area contributed by atoms with Gasteiger partial charge in [-0.2, -0.15) is 0 Å². The van der Waals surface area contributed by atoms with E-state index in [9.17, 15) is 19.2 Å². The van der Waals surface area contributed by atoms with Gasteiger partial charge in [-0.25, -0.2) is 4.79 Å². The third kappa shape index (κ3) is 4.24. The number of methoxy groups -OCH3 is 2. The lowest BCUT2D eigenvalue weighted by atomic mass is 9.83. The van der Waals surface area contributed by atoms with Gasteiger partial charge in [0.2, 0.25) is 5.91 Å². The van der Waals surface area contributed by atoms with Gasteiger partial charge in [-0.05, 0) is 36.1 Å². The standard InChI is InChI=1S/C25H28N4O6/c1-34-20-7-6-15(9-21(20)35-2)12-29-24(32)18(26-25(29)33)10-23(31)27-11-16-8-17(14-27)19-4-3-5-22(30)28(19)13-16/h3-7,9,16-18H,8,10-14H2,1-2H3,(H,26,33)/t16-,17+,18-/m0/s1. The van der Waals surface area contributed by atoms with E-state index in [0.717, 1.165) is 17.0 Å². The summed E-state index contributed by atoms with van der Waals surface area (Å²) in [5.74, 6) is 0.751. The molecule has 1 aromatic carbocycles. The number of urea groups is 1. The minimum absolute atomic E-state index is 0.00851. The second-order valence-electron chi connectivity index (χ2n) is 9.32. The van der Waals surface area contributed by atoms with Crippen LogP contribution in [0.15, 0.2) is 41.2 Å². The fourth-order valence-corrected chi connectivity index (χ4v) is 5.43. The number of nitrogens with one attached hydrogen (secondary N) is 1. The van der Waals surface area contributed by atoms with Crippen LogP contribution in [-0.4, -0.2) is 65.6 Å². The number of nitrogens with zero attached hydrogens (tertiary/aromatic N) is 3. The number of likely N-dealkylation sites (tertiary alicyclic amines) is 1. The van der Waals surface area contributed by atoms with Crippen molar-refractivity contribution in [3.63, 3.8) is 0 Å². The summed E-state index contributed by atoms with van der Waals surface area (Å²) < 4.78 is 12.3. The summed E-state index contributed by atoms with van der Waals surface area (Å²) in [6, 6.07) is 9.04. The number of amides is 4. The van der Waals surface area contributed by atoms with Crippen molar-refractivity contribution in [1.82, 2.24) is 19.7 Å². The minimum Gasteiger partial charge on any atom is -0.493 e. The molecule has 0 spiro atoms. The molecule has 3 aliphatic heterocycles. The van der Waals surface area contributed by atoms with Gasteiger partial charge < -0.3 is 24.3 Å². The molecular weight excluding hydrogens is 452 g/mol. The molecular formula is C25H28N4O6. The van der Waals surface area contributed by atoms with Crippen molar-refractivity contribution < 1.29 is 23.9 Å². The topological polar surface area (TPSA) is 110 Å². The third-order valence-corrected chi connectivity index (χ3v) is 7.11. The van der Waals surface area contributed by atoms with Crippen LogP contribution >= 0.6 is 0 Å². The van der Waals surface area contributed by atoms with Crippen molar-refractivity contribution in [1.29, 1.82) is 0 Å². The number of hydrogen-bond donors (Lipinski definition) is 1. The molecule has 5 rings (SSSR count). The molecule has 10 nitrogen and oxygen atoms in total. The van der Waals surface area contributed by atoms with Crippen molar-refractivity contribution in [3.05, 3.63) is 58.0 Å². The molecule has 3 atom stereocenters. The fraction of sp³-hybridized carbons (Fsp3) is 0.440. The Kier molecular flexibility index (Phi) is 5.96. The number of imide groups is 1. The Balaban J connectivity index is 1.24. The summed E-state index contributed by atoms with van der Waals surface area (Å²) in [4.78, 5) is 53.8. The van der Waals surface area contributed by atoms with Gasteiger partial charge in [0.1, 0.15) is 6.04 Å². The average Bonchev–Trinajstić information content (AvgIpc) is 3.11. The van der Waals surface area contributed by atoms with E-state index in [0.29, 0.717) is 36.7 Å². The Hall–Kier alpha value is -3.82. The number of pyridine rings is 1. The van der Waals surface area contributed by atoms with E-state index in [1.54, 1.807) is 35.2 Å². The number of carbonyl (C=O) groups excluding carboxylic acids is 3. The molecule has 0 unspecified atom stereocenters. The number of hydrogen-bond acceptors (Lipinski definition) is 6. The molecule has 1 N–H and O–H groups in total. The van der Waals surface area contributed by atoms with Gasteiger partial charge in [0.25, 0.3) is 11.5 Å². The molecule has 1 aromatic heterocycles. The normalized spacial score (nSPS) is 23.1. The number of ether oxygens (including phenoxy) is 2. The minimum atomic E-state index is -0.896. The molecule has 35 heavy (non-hydrogen) atoms. The lowest BCUT2D eigenvalue weighted by molar-refractivity contribution is -0.137. The highest BCUT2D eigenvalue weighted by atomic mass is 16.5. The van der Waals surface area contributed by atoms with Crippen LogP contribution in [-0.2, 0) is 22.7 Å². The summed E-state index contributed by atoms with van der Waals surface area (Å²) in [6.07, 6.45) is 0.847. The highest BCUT2D eigenvalue weighted by Gasteiger charge is 2.42. The van der Waals surface area contributed by atoms with Gasteiger partial charge in [0, 0.05) is 37.3 Å². The summed E-state index contributed by atoms with van der Waals surface area (Å²) in [7, 11) is 3.05. The third-order valence-electron chi connectivity index (χ3n) is 7.11. The lowest BCUT2D eigenvalue weighted by Gasteiger charge is -2.43. The van der Waals surface area contributed by atoms with Crippen LogP contribution in [0, 0.1) is 5.92 Å². The summed E-state index contributed by atoms with van der Waals surface area (Å²) >= 11 is 0. The average molecular weight is 481 g/mol. The van der Waals surface area contributed by atoms with Crippen LogP contribution in [0.5, 0.6) is 11.5 Å². The predicted molar refractivity (Wildman–Crippen MR) is 125 cm³/mol. The molecule has 4 amide bonds. The van der Waals surface area contributed by atoms with Crippen molar-refractivity contribution in [2.24, 2.45) is 5.92 Å². The zero-order chi connectivity index (χ0) is 24.7. The SMILES string of the molecule is COc1ccc(CN2C(=O)N[C@@H](CC(=O)N3C[C@@H]4C[C@H](C3)c3cccc(=O)n3C4)C2=O)cc1OC. The van der Waals surface area contributed by atoms with Crippen LogP contribution < -0.4 is 20.3 Å². The van der Waals surface area contributed by atoms with Crippen LogP contribution in [0.25, 0.3) is 0 Å². The van der Waals surface area contributed by atoms with Crippen LogP contribution in [0.2, 0.25) is 0 Å². The van der Waals surface area contributed by atoms with Gasteiger partial charge in [-0.15, -0.1) is 0 Å². The molecule has 2 aromatic rings. The second kappa shape index (κ2) is 9.09. The Morgan fingerprint density at radius 3 is 2.60 bits per heavy atom. The summed E-state index contributed by atoms with van der Waals surface area (Å²) in [6.45, 7) is 1.70. The first kappa shape index (κ1) is 22.9. The molecule has 2 saturated heterocycles. The van der Waals surface area contributed by atoms with E-state index >= 15 is 0 Å². The molecule has 184 valence electrons. The molecule has 2 fully saturated rings. The van der Waals surface area contributed by atoms with E-state index in [1.807, 2.05) is 10.6 Å². The number of rotatable bonds is 6. The van der Waals surface area contributed by atoms with Gasteiger partial charge in [-0.3, -0.25) is 19.3 Å². The molecule has 4 heterocycles. The number of fused-ring (bicyclic) bond motifs is 4. The predicted octanol–water partition coefficient (Wildman–Crippen LogP) is 1.32. The maximum absolute atomic E-state index is 13.1. The molecule has 0 aliphatic carbocycles. The number of aromatic nitrogens is 1. The molecule has 3 aliphatic rings. The number of benzene rings is 1. The van der Waals surface area contributed by atoms with Crippen molar-refractivity contribution >= 4 is 17.8 Å². The van der Waals surface area contributed by atoms with Crippen LogP contribution in [0.3, 0.4) is 0 Å². The van der Waals surface area contributed by atoms with Crippen LogP contribution in [0.4, 0.5) is 4.79 Å². The Morgan fingerprint density at radius 2 is 1.83 bits per heavy atom. The Bertz CT molecular complexity index is 1240. The largest absolute Gasteiger partial charge is 0.493 e. The van der Waals surface area contributed by atoms with E-state index < -0.39 is 18.0 Å². The monoisotopic (exact) mass is 480 g/mol. The first-order valence-electron chi connectivity index (χ1n) is 11.7. The zero-order valence-electron chi connectivity index (χ0n) is 19.7. The highest BCUT2D eigenvalue weighted by molar-refractivity contribution is 6.05. The maximum atomic E-state index is 13.1. The van der Waals surface area contributed by atoms with Crippen molar-refractivity contribution in [2.75, 3.05) is 27.3 Å². The van der Waals surface area contributed by atoms with Crippen molar-refractivity contribution in [3.8, 4) is 11.5 Å². The maximum Gasteiger partial charge on any atom is 0.325 e. The molecule has 0 radical (unpaired) electrons. The smallest absolute Gasteiger partial charge is 0.325 e. The molecule has 2 bridgehead atoms. The Morgan fingerprint density at radius 1 is 1.03 bits per heavy atom. The fourth-order valence-electron chi connectivity index (χ4n) is 5.43. The van der Waals surface area contributed by atoms with Gasteiger partial charge >= 0.3 is 6.03 Å². The number of piperidine rings is 1. The first-order valence-corrected chi connectivity index (χ1v) is 11.7. The van der Waals surface area contributed by atoms with Gasteiger partial charge in [-0.1, -0.05) is 12.1 Å². The lowest BCUT2D eigenvalue weighted by Crippen LogP contribution is -2.50. The number of carbonyl (C=O) groups is 3. The molecule has 10 heteroatoms. The molecule has 0 saturated carbocycles. The van der Waals surface area contributed by atoms with Crippen molar-refractivity contribution in [2.45, 2.75) is 37.9 Å². The first-order chi connectivity index (χ1) is 16.9. The van der Waals surface area contributed by atoms with E-state index in [4.69, 9.17) is 9.47 Å². The summed E-state index contributed by atoms with van der Waals surface area (Å²) in [5.41, 5.74) is 1.65. The van der Waals surface area contributed by atoms with Crippen LogP contribution in [0.1, 0.15) is 30.0 Å². The van der Waals surface area contributed by atoms with E-state index in [1.165, 1.54) is 14.2 Å². The van der Waals surface area contributed by atoms with Gasteiger partial charge in [0.05, 0.1) is 27.2 Å². The highest BCUT2D eigenvalue weighted by Crippen LogP contribution is 2.35. The second-order valence-corrected chi connectivity index (χ2v) is 9.32. The van der Waals surface area contributed by atoms with E-state index in [-0.39, 0.29) is 36.3 Å². The Labute approximate surface area is 202 Å².